The maximum Gasteiger partial charge on any atom is 0.0994 e. The summed E-state index contributed by atoms with van der Waals surface area (Å²) in [6, 6.07) is 3.93. The Balaban J connectivity index is 2.09. The van der Waals surface area contributed by atoms with Crippen molar-refractivity contribution in [1.82, 2.24) is 15.2 Å². The second-order valence-corrected chi connectivity index (χ2v) is 3.57. The summed E-state index contributed by atoms with van der Waals surface area (Å²) < 4.78 is 5.44. The van der Waals surface area contributed by atoms with Crippen LogP contribution in [0.4, 0.5) is 0 Å². The summed E-state index contributed by atoms with van der Waals surface area (Å²) in [5.74, 6) is 0. The van der Waals surface area contributed by atoms with E-state index in [1.807, 2.05) is 18.3 Å². The van der Waals surface area contributed by atoms with Crippen LogP contribution in [0.1, 0.15) is 11.3 Å². The molecule has 76 valence electrons. The minimum Gasteiger partial charge on any atom is -0.376 e. The van der Waals surface area contributed by atoms with E-state index in [2.05, 4.69) is 15.2 Å². The number of aromatic nitrogens is 3. The molecule has 4 nitrogen and oxygen atoms in total. The standard InChI is InChI=1S/C11H11N3O/c1-2-8(6-12-4-1)11-9-7-15-5-3-10(9)13-14-11/h1-2,4,6H,3,5,7H2,(H,13,14). The third-order valence-corrected chi connectivity index (χ3v) is 2.63. The average Bonchev–Trinajstić information content (AvgIpc) is 2.74. The first-order valence-electron chi connectivity index (χ1n) is 4.99. The van der Waals surface area contributed by atoms with Crippen molar-refractivity contribution in [2.24, 2.45) is 0 Å². The molecule has 0 fully saturated rings. The van der Waals surface area contributed by atoms with Crippen LogP contribution in [0.25, 0.3) is 11.3 Å². The Bertz CT molecular complexity index is 464. The minimum absolute atomic E-state index is 0.649. The summed E-state index contributed by atoms with van der Waals surface area (Å²) in [5.41, 5.74) is 4.38. The van der Waals surface area contributed by atoms with E-state index >= 15 is 0 Å². The van der Waals surface area contributed by atoms with Crippen LogP contribution in [0.5, 0.6) is 0 Å². The van der Waals surface area contributed by atoms with E-state index < -0.39 is 0 Å². The van der Waals surface area contributed by atoms with Crippen LogP contribution >= 0.6 is 0 Å². The lowest BCUT2D eigenvalue weighted by atomic mass is 10.1. The van der Waals surface area contributed by atoms with Crippen LogP contribution in [0, 0.1) is 0 Å². The fourth-order valence-electron chi connectivity index (χ4n) is 1.85. The molecule has 15 heavy (non-hydrogen) atoms. The summed E-state index contributed by atoms with van der Waals surface area (Å²) in [7, 11) is 0. The molecule has 0 aromatic carbocycles. The van der Waals surface area contributed by atoms with Gasteiger partial charge in [0.05, 0.1) is 18.9 Å². The van der Waals surface area contributed by atoms with Gasteiger partial charge in [-0.05, 0) is 12.1 Å². The number of pyridine rings is 1. The zero-order valence-corrected chi connectivity index (χ0v) is 8.23. The lowest BCUT2D eigenvalue weighted by Crippen LogP contribution is -2.08. The predicted octanol–water partition coefficient (Wildman–Crippen LogP) is 1.54. The Morgan fingerprint density at radius 1 is 1.40 bits per heavy atom. The molecule has 1 N–H and O–H groups in total. The Kier molecular flexibility index (Phi) is 1.99. The van der Waals surface area contributed by atoms with Gasteiger partial charge in [-0.2, -0.15) is 5.10 Å². The smallest absolute Gasteiger partial charge is 0.0994 e. The van der Waals surface area contributed by atoms with Gasteiger partial charge < -0.3 is 4.74 Å². The van der Waals surface area contributed by atoms with Crippen molar-refractivity contribution in [3.8, 4) is 11.3 Å². The van der Waals surface area contributed by atoms with Gasteiger partial charge in [-0.3, -0.25) is 10.1 Å². The fraction of sp³-hybridized carbons (Fsp3) is 0.273. The highest BCUT2D eigenvalue weighted by Crippen LogP contribution is 2.26. The van der Waals surface area contributed by atoms with Crippen molar-refractivity contribution in [2.75, 3.05) is 6.61 Å². The highest BCUT2D eigenvalue weighted by molar-refractivity contribution is 5.62. The van der Waals surface area contributed by atoms with Gasteiger partial charge in [-0.25, -0.2) is 0 Å². The van der Waals surface area contributed by atoms with Gasteiger partial charge in [0.1, 0.15) is 0 Å². The summed E-state index contributed by atoms with van der Waals surface area (Å²) in [6.07, 6.45) is 4.51. The SMILES string of the molecule is c1cncc(-c2n[nH]c3c2COCC3)c1. The Morgan fingerprint density at radius 3 is 3.27 bits per heavy atom. The van der Waals surface area contributed by atoms with E-state index in [0.29, 0.717) is 6.61 Å². The first-order valence-corrected chi connectivity index (χ1v) is 4.99. The van der Waals surface area contributed by atoms with E-state index in [0.717, 1.165) is 24.3 Å². The van der Waals surface area contributed by atoms with Gasteiger partial charge in [-0.1, -0.05) is 0 Å². The first kappa shape index (κ1) is 8.61. The summed E-state index contributed by atoms with van der Waals surface area (Å²) in [4.78, 5) is 4.09. The molecule has 0 saturated heterocycles. The summed E-state index contributed by atoms with van der Waals surface area (Å²) in [5, 5.41) is 7.39. The van der Waals surface area contributed by atoms with Crippen LogP contribution in [-0.2, 0) is 17.8 Å². The molecule has 3 heterocycles. The molecular weight excluding hydrogens is 190 g/mol. The minimum atomic E-state index is 0.649. The number of H-pyrrole nitrogens is 1. The van der Waals surface area contributed by atoms with Crippen molar-refractivity contribution >= 4 is 0 Å². The van der Waals surface area contributed by atoms with Crippen molar-refractivity contribution in [3.05, 3.63) is 35.8 Å². The molecule has 0 atom stereocenters. The molecule has 0 saturated carbocycles. The number of hydrogen-bond acceptors (Lipinski definition) is 3. The molecule has 2 aromatic heterocycles. The molecular formula is C11H11N3O. The number of rotatable bonds is 1. The van der Waals surface area contributed by atoms with Crippen LogP contribution in [0.3, 0.4) is 0 Å². The number of fused-ring (bicyclic) bond motifs is 1. The zero-order valence-electron chi connectivity index (χ0n) is 8.23. The highest BCUT2D eigenvalue weighted by Gasteiger charge is 2.17. The molecule has 0 unspecified atom stereocenters. The van der Waals surface area contributed by atoms with Crippen molar-refractivity contribution in [3.63, 3.8) is 0 Å². The third kappa shape index (κ3) is 1.43. The monoisotopic (exact) mass is 201 g/mol. The van der Waals surface area contributed by atoms with Gasteiger partial charge >= 0.3 is 0 Å². The predicted molar refractivity (Wildman–Crippen MR) is 55.2 cm³/mol. The third-order valence-electron chi connectivity index (χ3n) is 2.63. The van der Waals surface area contributed by atoms with Gasteiger partial charge in [0.25, 0.3) is 0 Å². The maximum absolute atomic E-state index is 5.44. The van der Waals surface area contributed by atoms with Crippen molar-refractivity contribution < 1.29 is 4.74 Å². The zero-order chi connectivity index (χ0) is 10.1. The number of nitrogens with zero attached hydrogens (tertiary/aromatic N) is 2. The summed E-state index contributed by atoms with van der Waals surface area (Å²) >= 11 is 0. The van der Waals surface area contributed by atoms with Crippen LogP contribution in [0.2, 0.25) is 0 Å². The Hall–Kier alpha value is -1.68. The normalized spacial score (nSPS) is 14.9. The fourth-order valence-corrected chi connectivity index (χ4v) is 1.85. The molecule has 0 radical (unpaired) electrons. The van der Waals surface area contributed by atoms with Crippen LogP contribution in [-0.4, -0.2) is 21.8 Å². The highest BCUT2D eigenvalue weighted by atomic mass is 16.5. The number of aromatic amines is 1. The molecule has 1 aliphatic rings. The number of hydrogen-bond donors (Lipinski definition) is 1. The van der Waals surface area contributed by atoms with Gasteiger partial charge in [-0.15, -0.1) is 0 Å². The molecule has 0 aliphatic carbocycles. The molecule has 3 rings (SSSR count). The Labute approximate surface area is 87.3 Å². The second-order valence-electron chi connectivity index (χ2n) is 3.57. The lowest BCUT2D eigenvalue weighted by Gasteiger charge is -2.12. The lowest BCUT2D eigenvalue weighted by molar-refractivity contribution is 0.110. The molecule has 0 bridgehead atoms. The van der Waals surface area contributed by atoms with E-state index in [1.54, 1.807) is 6.20 Å². The molecule has 0 spiro atoms. The quantitative estimate of drug-likeness (QED) is 0.761. The average molecular weight is 201 g/mol. The molecule has 4 heteroatoms. The maximum atomic E-state index is 5.44. The van der Waals surface area contributed by atoms with Gasteiger partial charge in [0.2, 0.25) is 0 Å². The number of nitrogens with one attached hydrogen (secondary N) is 1. The first-order chi connectivity index (χ1) is 7.45. The van der Waals surface area contributed by atoms with Gasteiger partial charge in [0, 0.05) is 35.6 Å². The topological polar surface area (TPSA) is 50.8 Å². The molecule has 2 aromatic rings. The van der Waals surface area contributed by atoms with Crippen molar-refractivity contribution in [1.29, 1.82) is 0 Å². The second kappa shape index (κ2) is 3.47. The summed E-state index contributed by atoms with van der Waals surface area (Å²) in [6.45, 7) is 1.43. The largest absolute Gasteiger partial charge is 0.376 e. The van der Waals surface area contributed by atoms with E-state index in [1.165, 1.54) is 11.3 Å². The number of ether oxygens (including phenoxy) is 1. The van der Waals surface area contributed by atoms with Crippen molar-refractivity contribution in [2.45, 2.75) is 13.0 Å². The van der Waals surface area contributed by atoms with E-state index in [4.69, 9.17) is 4.74 Å². The van der Waals surface area contributed by atoms with Crippen LogP contribution in [0.15, 0.2) is 24.5 Å². The van der Waals surface area contributed by atoms with Crippen LogP contribution < -0.4 is 0 Å². The van der Waals surface area contributed by atoms with E-state index in [9.17, 15) is 0 Å². The van der Waals surface area contributed by atoms with Gasteiger partial charge in [0.15, 0.2) is 0 Å². The molecule has 0 amide bonds. The molecule has 1 aliphatic heterocycles. The van der Waals surface area contributed by atoms with E-state index in [-0.39, 0.29) is 0 Å². The Morgan fingerprint density at radius 2 is 2.40 bits per heavy atom.